The summed E-state index contributed by atoms with van der Waals surface area (Å²) in [7, 11) is 0. The number of ether oxygens (including phenoxy) is 2. The summed E-state index contributed by atoms with van der Waals surface area (Å²) in [6.45, 7) is 3.01. The summed E-state index contributed by atoms with van der Waals surface area (Å²) in [6.07, 6.45) is 0. The molecular formula is C13H13NO5. The number of hydrogen-bond acceptors (Lipinski definition) is 4. The zero-order chi connectivity index (χ0) is 14.0. The van der Waals surface area contributed by atoms with Crippen LogP contribution in [0.4, 0.5) is 5.69 Å². The Hall–Kier alpha value is -2.50. The van der Waals surface area contributed by atoms with Crippen LogP contribution in [0.1, 0.15) is 13.8 Å². The molecule has 1 aliphatic heterocycles. The normalized spacial score (nSPS) is 13.8. The number of carbonyl (C=O) groups is 2. The van der Waals surface area contributed by atoms with E-state index < -0.39 is 11.9 Å². The fourth-order valence-electron chi connectivity index (χ4n) is 1.53. The van der Waals surface area contributed by atoms with Crippen molar-refractivity contribution in [1.29, 1.82) is 0 Å². The molecule has 6 heteroatoms. The molecule has 0 aromatic heterocycles. The Bertz CT molecular complexity index is 576. The topological polar surface area (TPSA) is 84.9 Å². The van der Waals surface area contributed by atoms with E-state index in [1.54, 1.807) is 18.2 Å². The van der Waals surface area contributed by atoms with Gasteiger partial charge in [-0.1, -0.05) is 0 Å². The second-order valence-corrected chi connectivity index (χ2v) is 4.08. The van der Waals surface area contributed by atoms with Gasteiger partial charge in [0.15, 0.2) is 11.5 Å². The fourth-order valence-corrected chi connectivity index (χ4v) is 1.53. The lowest BCUT2D eigenvalue weighted by atomic mass is 10.1. The highest BCUT2D eigenvalue weighted by Crippen LogP contribution is 2.34. The molecule has 0 saturated carbocycles. The largest absolute Gasteiger partial charge is 0.478 e. The van der Waals surface area contributed by atoms with Crippen molar-refractivity contribution in [3.05, 3.63) is 29.3 Å². The highest BCUT2D eigenvalue weighted by molar-refractivity contribution is 6.08. The van der Waals surface area contributed by atoms with Gasteiger partial charge < -0.3 is 19.9 Å². The molecular weight excluding hydrogens is 250 g/mol. The first kappa shape index (κ1) is 12.9. The zero-order valence-corrected chi connectivity index (χ0v) is 10.5. The average Bonchev–Trinajstić information content (AvgIpc) is 2.84. The van der Waals surface area contributed by atoms with Gasteiger partial charge in [-0.3, -0.25) is 4.79 Å². The Labute approximate surface area is 109 Å². The molecule has 100 valence electrons. The second-order valence-electron chi connectivity index (χ2n) is 4.08. The number of amides is 1. The summed E-state index contributed by atoms with van der Waals surface area (Å²) in [5.41, 5.74) is 0.690. The molecule has 1 heterocycles. The number of benzene rings is 1. The van der Waals surface area contributed by atoms with Gasteiger partial charge in [-0.2, -0.15) is 0 Å². The Morgan fingerprint density at radius 3 is 2.53 bits per heavy atom. The molecule has 2 N–H and O–H groups in total. The predicted octanol–water partition coefficient (Wildman–Crippen LogP) is 1.77. The molecule has 0 aliphatic carbocycles. The smallest absolute Gasteiger partial charge is 0.331 e. The van der Waals surface area contributed by atoms with E-state index in [0.717, 1.165) is 0 Å². The minimum absolute atomic E-state index is 0.0123. The molecule has 19 heavy (non-hydrogen) atoms. The van der Waals surface area contributed by atoms with Crippen LogP contribution in [-0.2, 0) is 9.59 Å². The number of fused-ring (bicyclic) bond motifs is 1. The first-order valence-corrected chi connectivity index (χ1v) is 5.61. The van der Waals surface area contributed by atoms with E-state index in [2.05, 4.69) is 5.32 Å². The predicted molar refractivity (Wildman–Crippen MR) is 67.2 cm³/mol. The molecule has 2 rings (SSSR count). The van der Waals surface area contributed by atoms with Crippen LogP contribution >= 0.6 is 0 Å². The molecule has 0 radical (unpaired) electrons. The van der Waals surface area contributed by atoms with Crippen LogP contribution in [0.3, 0.4) is 0 Å². The molecule has 0 atom stereocenters. The molecule has 1 amide bonds. The number of carboxylic acids is 1. The number of anilines is 1. The quantitative estimate of drug-likeness (QED) is 0.812. The van der Waals surface area contributed by atoms with Gasteiger partial charge in [-0.25, -0.2) is 4.79 Å². The van der Waals surface area contributed by atoms with Crippen LogP contribution in [0.25, 0.3) is 0 Å². The molecule has 0 spiro atoms. The SMILES string of the molecule is CC(C(=O)O)=C(C)C(=O)Nc1ccc2c(c1)OCO2. The minimum atomic E-state index is -1.11. The van der Waals surface area contributed by atoms with Gasteiger partial charge in [-0.05, 0) is 26.0 Å². The van der Waals surface area contributed by atoms with Crippen LogP contribution in [0.2, 0.25) is 0 Å². The third-order valence-corrected chi connectivity index (χ3v) is 2.85. The monoisotopic (exact) mass is 263 g/mol. The standard InChI is InChI=1S/C13H13NO5/c1-7(8(2)13(16)17)12(15)14-9-3-4-10-11(5-9)19-6-18-10/h3-5H,6H2,1-2H3,(H,14,15)(H,16,17). The molecule has 1 aliphatic rings. The number of aliphatic carboxylic acids is 1. The van der Waals surface area contributed by atoms with Crippen LogP contribution in [0.5, 0.6) is 11.5 Å². The van der Waals surface area contributed by atoms with Crippen LogP contribution < -0.4 is 14.8 Å². The van der Waals surface area contributed by atoms with Crippen LogP contribution in [-0.4, -0.2) is 23.8 Å². The van der Waals surface area contributed by atoms with Gasteiger partial charge in [0.1, 0.15) is 0 Å². The summed E-state index contributed by atoms with van der Waals surface area (Å²) >= 11 is 0. The Kier molecular flexibility index (Phi) is 3.41. The second kappa shape index (κ2) is 5.01. The summed E-state index contributed by atoms with van der Waals surface area (Å²) in [6, 6.07) is 4.97. The Balaban J connectivity index is 2.16. The van der Waals surface area contributed by atoms with Gasteiger partial charge in [-0.15, -0.1) is 0 Å². The molecule has 0 fully saturated rings. The summed E-state index contributed by atoms with van der Waals surface area (Å²) < 4.78 is 10.3. The van der Waals surface area contributed by atoms with Crippen LogP contribution in [0, 0.1) is 0 Å². The van der Waals surface area contributed by atoms with Gasteiger partial charge in [0.25, 0.3) is 5.91 Å². The Morgan fingerprint density at radius 1 is 1.16 bits per heavy atom. The Morgan fingerprint density at radius 2 is 1.84 bits per heavy atom. The maximum atomic E-state index is 11.9. The first-order chi connectivity index (χ1) is 8.99. The van der Waals surface area contributed by atoms with E-state index >= 15 is 0 Å². The zero-order valence-electron chi connectivity index (χ0n) is 10.5. The van der Waals surface area contributed by atoms with Crippen LogP contribution in [0.15, 0.2) is 29.3 Å². The van der Waals surface area contributed by atoms with Crippen molar-refractivity contribution >= 4 is 17.6 Å². The first-order valence-electron chi connectivity index (χ1n) is 5.61. The van der Waals surface area contributed by atoms with Crippen molar-refractivity contribution in [3.63, 3.8) is 0 Å². The van der Waals surface area contributed by atoms with Gasteiger partial charge >= 0.3 is 5.97 Å². The highest BCUT2D eigenvalue weighted by atomic mass is 16.7. The summed E-state index contributed by atoms with van der Waals surface area (Å²) in [5, 5.41) is 11.4. The number of carboxylic acid groups (broad SMARTS) is 1. The third kappa shape index (κ3) is 2.67. The summed E-state index contributed by atoms with van der Waals surface area (Å²) in [5.74, 6) is -0.404. The number of carbonyl (C=O) groups excluding carboxylic acids is 1. The molecule has 0 saturated heterocycles. The number of rotatable bonds is 3. The van der Waals surface area contributed by atoms with Crippen molar-refractivity contribution in [2.45, 2.75) is 13.8 Å². The minimum Gasteiger partial charge on any atom is -0.478 e. The van der Waals surface area contributed by atoms with Gasteiger partial charge in [0, 0.05) is 22.9 Å². The molecule has 0 bridgehead atoms. The third-order valence-electron chi connectivity index (χ3n) is 2.85. The number of nitrogens with one attached hydrogen (secondary N) is 1. The van der Waals surface area contributed by atoms with Gasteiger partial charge in [0.2, 0.25) is 6.79 Å². The number of hydrogen-bond donors (Lipinski definition) is 2. The lowest BCUT2D eigenvalue weighted by Gasteiger charge is -2.07. The molecule has 0 unspecified atom stereocenters. The molecule has 1 aromatic rings. The lowest BCUT2D eigenvalue weighted by Crippen LogP contribution is -2.16. The molecule has 1 aromatic carbocycles. The van der Waals surface area contributed by atoms with E-state index in [4.69, 9.17) is 14.6 Å². The van der Waals surface area contributed by atoms with E-state index in [0.29, 0.717) is 17.2 Å². The lowest BCUT2D eigenvalue weighted by molar-refractivity contribution is -0.133. The van der Waals surface area contributed by atoms with E-state index in [9.17, 15) is 9.59 Å². The van der Waals surface area contributed by atoms with Crippen molar-refractivity contribution in [1.82, 2.24) is 0 Å². The van der Waals surface area contributed by atoms with E-state index in [-0.39, 0.29) is 17.9 Å². The van der Waals surface area contributed by atoms with Crippen molar-refractivity contribution in [3.8, 4) is 11.5 Å². The van der Waals surface area contributed by atoms with E-state index in [1.165, 1.54) is 13.8 Å². The van der Waals surface area contributed by atoms with Crippen molar-refractivity contribution in [2.75, 3.05) is 12.1 Å². The summed E-state index contributed by atoms with van der Waals surface area (Å²) in [4.78, 5) is 22.6. The fraction of sp³-hybridized carbons (Fsp3) is 0.231. The van der Waals surface area contributed by atoms with Crippen molar-refractivity contribution < 1.29 is 24.2 Å². The molecule has 6 nitrogen and oxygen atoms in total. The average molecular weight is 263 g/mol. The van der Waals surface area contributed by atoms with Crippen molar-refractivity contribution in [2.24, 2.45) is 0 Å². The highest BCUT2D eigenvalue weighted by Gasteiger charge is 2.16. The van der Waals surface area contributed by atoms with E-state index in [1.807, 2.05) is 0 Å². The van der Waals surface area contributed by atoms with Gasteiger partial charge in [0.05, 0.1) is 0 Å². The maximum absolute atomic E-state index is 11.9. The maximum Gasteiger partial charge on any atom is 0.331 e.